The fourth-order valence-electron chi connectivity index (χ4n) is 2.85. The number of hydrogen-bond donors (Lipinski definition) is 1. The third-order valence-electron chi connectivity index (χ3n) is 4.03. The number of aliphatic carboxylic acids is 1. The van der Waals surface area contributed by atoms with Crippen LogP contribution in [-0.4, -0.2) is 59.0 Å². The van der Waals surface area contributed by atoms with E-state index in [0.29, 0.717) is 39.0 Å². The van der Waals surface area contributed by atoms with E-state index in [9.17, 15) is 19.1 Å². The standard InChI is InChI=1S/C16H21FN2O3.ClH/c1-2-14(16(21)22)18-8-5-9-19(11-10-18)15(20)12-6-3-4-7-13(12)17;/h3-4,6-7,14H,2,5,8-11H2,1H3,(H,21,22);1H. The molecule has 5 nitrogen and oxygen atoms in total. The lowest BCUT2D eigenvalue weighted by Gasteiger charge is -2.26. The summed E-state index contributed by atoms with van der Waals surface area (Å²) in [6.07, 6.45) is 1.21. The van der Waals surface area contributed by atoms with Crippen molar-refractivity contribution in [1.29, 1.82) is 0 Å². The summed E-state index contributed by atoms with van der Waals surface area (Å²) in [6, 6.07) is 5.41. The molecule has 0 radical (unpaired) electrons. The van der Waals surface area contributed by atoms with E-state index in [1.54, 1.807) is 17.0 Å². The lowest BCUT2D eigenvalue weighted by atomic mass is 10.2. The first kappa shape index (κ1) is 19.4. The Labute approximate surface area is 141 Å². The third kappa shape index (κ3) is 4.65. The van der Waals surface area contributed by atoms with Gasteiger partial charge in [0.1, 0.15) is 11.9 Å². The molecule has 0 aliphatic carbocycles. The predicted molar refractivity (Wildman–Crippen MR) is 87.5 cm³/mol. The van der Waals surface area contributed by atoms with Gasteiger partial charge in [-0.1, -0.05) is 19.1 Å². The topological polar surface area (TPSA) is 60.9 Å². The molecule has 1 N–H and O–H groups in total. The molecule has 1 aliphatic heterocycles. The molecule has 1 amide bonds. The highest BCUT2D eigenvalue weighted by Crippen LogP contribution is 2.14. The van der Waals surface area contributed by atoms with E-state index in [1.165, 1.54) is 12.1 Å². The second kappa shape index (κ2) is 8.84. The van der Waals surface area contributed by atoms with Gasteiger partial charge < -0.3 is 10.0 Å². The van der Waals surface area contributed by atoms with Crippen LogP contribution in [0, 0.1) is 5.82 Å². The van der Waals surface area contributed by atoms with Crippen molar-refractivity contribution in [2.24, 2.45) is 0 Å². The number of carboxylic acid groups (broad SMARTS) is 1. The maximum Gasteiger partial charge on any atom is 0.320 e. The van der Waals surface area contributed by atoms with Crippen LogP contribution in [0.5, 0.6) is 0 Å². The average molecular weight is 345 g/mol. The van der Waals surface area contributed by atoms with Crippen LogP contribution in [0.4, 0.5) is 4.39 Å². The van der Waals surface area contributed by atoms with Crippen LogP contribution in [0.25, 0.3) is 0 Å². The normalized spacial score (nSPS) is 17.0. The highest BCUT2D eigenvalue weighted by atomic mass is 35.5. The monoisotopic (exact) mass is 344 g/mol. The highest BCUT2D eigenvalue weighted by molar-refractivity contribution is 5.94. The summed E-state index contributed by atoms with van der Waals surface area (Å²) < 4.78 is 13.7. The summed E-state index contributed by atoms with van der Waals surface area (Å²) in [6.45, 7) is 3.89. The minimum Gasteiger partial charge on any atom is -0.480 e. The molecule has 1 aromatic rings. The summed E-state index contributed by atoms with van der Waals surface area (Å²) in [4.78, 5) is 27.1. The van der Waals surface area contributed by atoms with Crippen molar-refractivity contribution in [1.82, 2.24) is 9.80 Å². The van der Waals surface area contributed by atoms with Gasteiger partial charge in [0.2, 0.25) is 0 Å². The van der Waals surface area contributed by atoms with Gasteiger partial charge >= 0.3 is 5.97 Å². The second-order valence-corrected chi connectivity index (χ2v) is 5.42. The molecule has 1 aliphatic rings. The van der Waals surface area contributed by atoms with Gasteiger partial charge in [-0.25, -0.2) is 4.39 Å². The van der Waals surface area contributed by atoms with Gasteiger partial charge in [0.25, 0.3) is 5.91 Å². The quantitative estimate of drug-likeness (QED) is 0.910. The largest absolute Gasteiger partial charge is 0.480 e. The lowest BCUT2D eigenvalue weighted by Crippen LogP contribution is -2.43. The van der Waals surface area contributed by atoms with E-state index in [4.69, 9.17) is 0 Å². The summed E-state index contributed by atoms with van der Waals surface area (Å²) in [7, 11) is 0. The minimum absolute atomic E-state index is 0. The summed E-state index contributed by atoms with van der Waals surface area (Å²) in [5, 5.41) is 9.24. The van der Waals surface area contributed by atoms with Gasteiger partial charge in [-0.3, -0.25) is 14.5 Å². The number of amides is 1. The van der Waals surface area contributed by atoms with Crippen LogP contribution >= 0.6 is 12.4 Å². The zero-order chi connectivity index (χ0) is 16.1. The Kier molecular flexibility index (Phi) is 7.45. The van der Waals surface area contributed by atoms with Crippen molar-refractivity contribution >= 4 is 24.3 Å². The molecule has 1 aromatic carbocycles. The van der Waals surface area contributed by atoms with Crippen molar-refractivity contribution < 1.29 is 19.1 Å². The first-order valence-electron chi connectivity index (χ1n) is 7.55. The smallest absolute Gasteiger partial charge is 0.320 e. The number of nitrogens with zero attached hydrogens (tertiary/aromatic N) is 2. The van der Waals surface area contributed by atoms with Crippen LogP contribution in [0.15, 0.2) is 24.3 Å². The molecule has 2 rings (SSSR count). The van der Waals surface area contributed by atoms with Crippen LogP contribution in [0.2, 0.25) is 0 Å². The van der Waals surface area contributed by atoms with Crippen molar-refractivity contribution in [3.8, 4) is 0 Å². The van der Waals surface area contributed by atoms with Crippen LogP contribution in [0.1, 0.15) is 30.1 Å². The fraction of sp³-hybridized carbons (Fsp3) is 0.500. The first-order chi connectivity index (χ1) is 10.5. The Bertz CT molecular complexity index is 556. The van der Waals surface area contributed by atoms with Crippen LogP contribution < -0.4 is 0 Å². The Morgan fingerprint density at radius 2 is 1.91 bits per heavy atom. The molecule has 0 saturated carbocycles. The number of hydrogen-bond acceptors (Lipinski definition) is 3. The Balaban J connectivity index is 0.00000264. The predicted octanol–water partition coefficient (Wildman–Crippen LogP) is 2.26. The SMILES string of the molecule is CCC(C(=O)O)N1CCCN(C(=O)c2ccccc2F)CC1.Cl. The van der Waals surface area contributed by atoms with Crippen LogP contribution in [-0.2, 0) is 4.79 Å². The molecule has 1 unspecified atom stereocenters. The molecule has 1 atom stereocenters. The third-order valence-corrected chi connectivity index (χ3v) is 4.03. The van der Waals surface area contributed by atoms with Gasteiger partial charge in [-0.05, 0) is 25.0 Å². The number of rotatable bonds is 4. The van der Waals surface area contributed by atoms with E-state index in [-0.39, 0.29) is 23.9 Å². The molecule has 7 heteroatoms. The Morgan fingerprint density at radius 1 is 1.22 bits per heavy atom. The van der Waals surface area contributed by atoms with Gasteiger partial charge in [-0.2, -0.15) is 0 Å². The maximum absolute atomic E-state index is 13.7. The first-order valence-corrected chi connectivity index (χ1v) is 7.55. The van der Waals surface area contributed by atoms with Gasteiger partial charge in [0.15, 0.2) is 0 Å². The van der Waals surface area contributed by atoms with E-state index in [0.717, 1.165) is 0 Å². The number of halogens is 2. The van der Waals surface area contributed by atoms with Crippen molar-refractivity contribution in [3.05, 3.63) is 35.6 Å². The van der Waals surface area contributed by atoms with E-state index < -0.39 is 17.8 Å². The molecule has 128 valence electrons. The lowest BCUT2D eigenvalue weighted by molar-refractivity contribution is -0.143. The van der Waals surface area contributed by atoms with Crippen molar-refractivity contribution in [3.63, 3.8) is 0 Å². The molecule has 0 aromatic heterocycles. The molecule has 0 spiro atoms. The minimum atomic E-state index is -0.837. The molecule has 23 heavy (non-hydrogen) atoms. The van der Waals surface area contributed by atoms with Gasteiger partial charge in [0.05, 0.1) is 5.56 Å². The van der Waals surface area contributed by atoms with Crippen molar-refractivity contribution in [2.75, 3.05) is 26.2 Å². The summed E-state index contributed by atoms with van der Waals surface area (Å²) >= 11 is 0. The molecule has 0 bridgehead atoms. The molecule has 1 heterocycles. The summed E-state index contributed by atoms with van der Waals surface area (Å²) in [5.41, 5.74) is 0.0706. The Morgan fingerprint density at radius 3 is 2.52 bits per heavy atom. The number of carboxylic acids is 1. The van der Waals surface area contributed by atoms with Gasteiger partial charge in [-0.15, -0.1) is 12.4 Å². The number of carbonyl (C=O) groups excluding carboxylic acids is 1. The molecule has 1 saturated heterocycles. The maximum atomic E-state index is 13.7. The summed E-state index contributed by atoms with van der Waals surface area (Å²) in [5.74, 6) is -1.69. The average Bonchev–Trinajstić information content (AvgIpc) is 2.73. The number of benzene rings is 1. The Hall–Kier alpha value is -1.66. The molecule has 1 fully saturated rings. The van der Waals surface area contributed by atoms with Crippen LogP contribution in [0.3, 0.4) is 0 Å². The zero-order valence-corrected chi connectivity index (χ0v) is 13.9. The van der Waals surface area contributed by atoms with Gasteiger partial charge in [0, 0.05) is 26.2 Å². The fourth-order valence-corrected chi connectivity index (χ4v) is 2.85. The van der Waals surface area contributed by atoms with E-state index in [1.807, 2.05) is 11.8 Å². The van der Waals surface area contributed by atoms with Crippen molar-refractivity contribution in [2.45, 2.75) is 25.8 Å². The molecular weight excluding hydrogens is 323 g/mol. The van der Waals surface area contributed by atoms with E-state index in [2.05, 4.69) is 0 Å². The zero-order valence-electron chi connectivity index (χ0n) is 13.1. The second-order valence-electron chi connectivity index (χ2n) is 5.42. The van der Waals surface area contributed by atoms with E-state index >= 15 is 0 Å². The molecular formula is C16H22ClFN2O3. The highest BCUT2D eigenvalue weighted by Gasteiger charge is 2.28. The number of carbonyl (C=O) groups is 2.